The van der Waals surface area contributed by atoms with E-state index in [0.717, 1.165) is 54.4 Å². The second kappa shape index (κ2) is 9.14. The predicted octanol–water partition coefficient (Wildman–Crippen LogP) is 1.89. The van der Waals surface area contributed by atoms with Crippen molar-refractivity contribution < 1.29 is 19.2 Å². The number of nitro benzene ring substituents is 1. The van der Waals surface area contributed by atoms with Gasteiger partial charge >= 0.3 is 11.4 Å². The first kappa shape index (κ1) is 20.9. The zero-order valence-electron chi connectivity index (χ0n) is 15.4. The van der Waals surface area contributed by atoms with E-state index in [4.69, 9.17) is 0 Å². The lowest BCUT2D eigenvalue weighted by Crippen LogP contribution is -2.31. The van der Waals surface area contributed by atoms with E-state index in [0.29, 0.717) is 11.4 Å². The number of nitrogens with zero attached hydrogens (tertiary/aromatic N) is 3. The van der Waals surface area contributed by atoms with Gasteiger partial charge in [0, 0.05) is 23.0 Å². The summed E-state index contributed by atoms with van der Waals surface area (Å²) < 4.78 is 14.9. The number of aromatic nitrogens is 2. The molecular formula is C18H19FN4O5S. The highest BCUT2D eigenvalue weighted by Crippen LogP contribution is 2.28. The molecule has 1 heterocycles. The molecule has 2 N–H and O–H groups in total. The molecule has 0 saturated heterocycles. The first-order chi connectivity index (χ1) is 13.9. The van der Waals surface area contributed by atoms with Gasteiger partial charge in [0.15, 0.2) is 0 Å². The number of carbonyl (C=O) groups is 1. The fourth-order valence-corrected chi connectivity index (χ4v) is 4.14. The second-order valence-corrected chi connectivity index (χ2v) is 7.43. The minimum atomic E-state index is -0.985. The summed E-state index contributed by atoms with van der Waals surface area (Å²) in [6, 6.07) is 3.11. The van der Waals surface area contributed by atoms with E-state index in [1.54, 1.807) is 0 Å². The maximum absolute atomic E-state index is 13.4. The Bertz CT molecular complexity index is 1010. The maximum atomic E-state index is 13.4. The number of nitrogens with one attached hydrogen (secondary N) is 1. The van der Waals surface area contributed by atoms with E-state index in [2.05, 4.69) is 10.3 Å². The van der Waals surface area contributed by atoms with E-state index >= 15 is 0 Å². The fourth-order valence-electron chi connectivity index (χ4n) is 3.26. The summed E-state index contributed by atoms with van der Waals surface area (Å²) in [4.78, 5) is 38.5. The number of benzene rings is 1. The molecule has 2 aromatic rings. The van der Waals surface area contributed by atoms with Gasteiger partial charge in [-0.3, -0.25) is 19.5 Å². The average molecular weight is 422 g/mol. The zero-order chi connectivity index (χ0) is 21.0. The highest BCUT2D eigenvalue weighted by Gasteiger charge is 2.21. The van der Waals surface area contributed by atoms with Crippen LogP contribution in [0.2, 0.25) is 0 Å². The molecule has 1 amide bonds. The Morgan fingerprint density at radius 3 is 2.86 bits per heavy atom. The van der Waals surface area contributed by atoms with E-state index in [1.165, 1.54) is 10.6 Å². The number of aliphatic hydroxyl groups is 1. The van der Waals surface area contributed by atoms with Gasteiger partial charge in [-0.2, -0.15) is 9.37 Å². The Balaban J connectivity index is 1.74. The van der Waals surface area contributed by atoms with Gasteiger partial charge in [0.1, 0.15) is 5.03 Å². The molecule has 1 aliphatic carbocycles. The van der Waals surface area contributed by atoms with Crippen LogP contribution in [0.25, 0.3) is 0 Å². The van der Waals surface area contributed by atoms with Crippen molar-refractivity contribution in [1.29, 1.82) is 0 Å². The molecule has 0 bridgehead atoms. The highest BCUT2D eigenvalue weighted by atomic mass is 32.2. The van der Waals surface area contributed by atoms with Crippen molar-refractivity contribution in [2.45, 2.75) is 37.3 Å². The molecule has 0 radical (unpaired) electrons. The number of rotatable bonds is 7. The summed E-state index contributed by atoms with van der Waals surface area (Å²) in [7, 11) is 0. The standard InChI is InChI=1S/C18H19FN4O5S/c19-13-6-5-11(9-15(13)23(27)28)20-16(25)10-29-17-12-3-1-2-4-14(12)22(7-8-24)18(26)21-17/h5-6,9,24H,1-4,7-8,10H2,(H,20,25). The van der Waals surface area contributed by atoms with Crippen LogP contribution >= 0.6 is 11.8 Å². The van der Waals surface area contributed by atoms with E-state index in [1.807, 2.05) is 0 Å². The van der Waals surface area contributed by atoms with Crippen LogP contribution in [0, 0.1) is 15.9 Å². The molecule has 1 aliphatic rings. The molecule has 0 fully saturated rings. The topological polar surface area (TPSA) is 127 Å². The van der Waals surface area contributed by atoms with Crippen molar-refractivity contribution in [1.82, 2.24) is 9.55 Å². The quantitative estimate of drug-likeness (QED) is 0.302. The number of halogens is 1. The molecule has 0 saturated carbocycles. The zero-order valence-corrected chi connectivity index (χ0v) is 16.2. The fraction of sp³-hybridized carbons (Fsp3) is 0.389. The molecule has 0 unspecified atom stereocenters. The van der Waals surface area contributed by atoms with Gasteiger partial charge in [-0.1, -0.05) is 11.8 Å². The number of fused-ring (bicyclic) bond motifs is 1. The molecule has 0 aliphatic heterocycles. The van der Waals surface area contributed by atoms with Gasteiger partial charge in [0.25, 0.3) is 0 Å². The van der Waals surface area contributed by atoms with Crippen molar-refractivity contribution in [2.75, 3.05) is 17.7 Å². The minimum absolute atomic E-state index is 0.0614. The van der Waals surface area contributed by atoms with Crippen LogP contribution in [-0.2, 0) is 24.2 Å². The van der Waals surface area contributed by atoms with Crippen LogP contribution in [0.1, 0.15) is 24.1 Å². The Hall–Kier alpha value is -2.79. The minimum Gasteiger partial charge on any atom is -0.395 e. The molecule has 1 aromatic carbocycles. The number of aliphatic hydroxyl groups excluding tert-OH is 1. The third-order valence-corrected chi connectivity index (χ3v) is 5.56. The summed E-state index contributed by atoms with van der Waals surface area (Å²) in [6.07, 6.45) is 3.34. The van der Waals surface area contributed by atoms with Crippen LogP contribution in [0.3, 0.4) is 0 Å². The maximum Gasteiger partial charge on any atom is 0.348 e. The number of carbonyl (C=O) groups excluding carboxylic acids is 1. The molecule has 0 atom stereocenters. The largest absolute Gasteiger partial charge is 0.395 e. The molecule has 29 heavy (non-hydrogen) atoms. The van der Waals surface area contributed by atoms with Crippen molar-refractivity contribution >= 4 is 29.0 Å². The predicted molar refractivity (Wildman–Crippen MR) is 105 cm³/mol. The van der Waals surface area contributed by atoms with Crippen LogP contribution in [0.15, 0.2) is 28.0 Å². The van der Waals surface area contributed by atoms with Crippen LogP contribution in [0.4, 0.5) is 15.8 Å². The first-order valence-corrected chi connectivity index (χ1v) is 9.99. The Morgan fingerprint density at radius 2 is 2.14 bits per heavy atom. The second-order valence-electron chi connectivity index (χ2n) is 6.47. The van der Waals surface area contributed by atoms with E-state index in [-0.39, 0.29) is 24.6 Å². The molecule has 0 spiro atoms. The van der Waals surface area contributed by atoms with Gasteiger partial charge < -0.3 is 10.4 Å². The summed E-state index contributed by atoms with van der Waals surface area (Å²) in [5.74, 6) is -1.50. The third kappa shape index (κ3) is 4.80. The van der Waals surface area contributed by atoms with E-state index in [9.17, 15) is 29.2 Å². The van der Waals surface area contributed by atoms with Crippen molar-refractivity contribution in [2.24, 2.45) is 0 Å². The first-order valence-electron chi connectivity index (χ1n) is 9.00. The third-order valence-electron chi connectivity index (χ3n) is 4.54. The molecule has 154 valence electrons. The van der Waals surface area contributed by atoms with Gasteiger partial charge in [0.2, 0.25) is 11.7 Å². The van der Waals surface area contributed by atoms with Crippen molar-refractivity contribution in [3.8, 4) is 0 Å². The summed E-state index contributed by atoms with van der Waals surface area (Å²) in [5, 5.41) is 23.0. The van der Waals surface area contributed by atoms with Crippen molar-refractivity contribution in [3.05, 3.63) is 55.9 Å². The average Bonchev–Trinajstić information content (AvgIpc) is 2.70. The summed E-state index contributed by atoms with van der Waals surface area (Å²) >= 11 is 1.11. The smallest absolute Gasteiger partial charge is 0.348 e. The molecule has 11 heteroatoms. The molecule has 3 rings (SSSR count). The summed E-state index contributed by atoms with van der Waals surface area (Å²) in [6.45, 7) is 0.0235. The van der Waals surface area contributed by atoms with Crippen LogP contribution in [-0.4, -0.2) is 37.8 Å². The molecule has 9 nitrogen and oxygen atoms in total. The number of nitro groups is 1. The lowest BCUT2D eigenvalue weighted by molar-refractivity contribution is -0.387. The lowest BCUT2D eigenvalue weighted by atomic mass is 9.97. The van der Waals surface area contributed by atoms with Crippen LogP contribution < -0.4 is 11.0 Å². The Morgan fingerprint density at radius 1 is 1.38 bits per heavy atom. The Kier molecular flexibility index (Phi) is 6.60. The number of amides is 1. The highest BCUT2D eigenvalue weighted by molar-refractivity contribution is 8.00. The van der Waals surface area contributed by atoms with Crippen molar-refractivity contribution in [3.63, 3.8) is 0 Å². The number of hydrogen-bond acceptors (Lipinski definition) is 7. The number of thioether (sulfide) groups is 1. The molecule has 1 aromatic heterocycles. The molecular weight excluding hydrogens is 403 g/mol. The van der Waals surface area contributed by atoms with Gasteiger partial charge in [-0.15, -0.1) is 0 Å². The SMILES string of the molecule is O=C(CSc1nc(=O)n(CCO)c2c1CCCC2)Nc1ccc(F)c([N+](=O)[O-])c1. The van der Waals surface area contributed by atoms with Gasteiger partial charge in [0.05, 0.1) is 23.8 Å². The Labute approximate surface area is 169 Å². The van der Waals surface area contributed by atoms with Gasteiger partial charge in [-0.05, 0) is 37.8 Å². The van der Waals surface area contributed by atoms with Gasteiger partial charge in [-0.25, -0.2) is 4.79 Å². The van der Waals surface area contributed by atoms with Crippen LogP contribution in [0.5, 0.6) is 0 Å². The summed E-state index contributed by atoms with van der Waals surface area (Å²) in [5.41, 5.74) is 0.689. The lowest BCUT2D eigenvalue weighted by Gasteiger charge is -2.22. The number of hydrogen-bond donors (Lipinski definition) is 2. The normalized spacial score (nSPS) is 13.0. The number of anilines is 1. The monoisotopic (exact) mass is 422 g/mol. The van der Waals surface area contributed by atoms with E-state index < -0.39 is 28.0 Å².